The highest BCUT2D eigenvalue weighted by atomic mass is 32.1. The predicted molar refractivity (Wildman–Crippen MR) is 77.5 cm³/mol. The maximum Gasteiger partial charge on any atom is 0.186 e. The molecule has 0 aromatic carbocycles. The molecule has 0 radical (unpaired) electrons. The lowest BCUT2D eigenvalue weighted by Crippen LogP contribution is -2.62. The van der Waals surface area contributed by atoms with E-state index in [1.54, 1.807) is 0 Å². The molecule has 0 unspecified atom stereocenters. The summed E-state index contributed by atoms with van der Waals surface area (Å²) in [5.74, 6) is 0. The molecular weight excluding hydrogens is 242 g/mol. The van der Waals surface area contributed by atoms with Gasteiger partial charge in [-0.25, -0.2) is 4.98 Å². The molecule has 1 spiro atoms. The molecule has 1 aromatic heterocycles. The molecule has 1 aliphatic carbocycles. The van der Waals surface area contributed by atoms with Gasteiger partial charge in [-0.15, -0.1) is 11.3 Å². The van der Waals surface area contributed by atoms with Crippen molar-refractivity contribution in [2.75, 3.05) is 24.5 Å². The Labute approximate surface area is 114 Å². The number of aryl methyl sites for hydroxylation is 1. The van der Waals surface area contributed by atoms with E-state index >= 15 is 0 Å². The van der Waals surface area contributed by atoms with E-state index in [1.165, 1.54) is 42.9 Å². The lowest BCUT2D eigenvalue weighted by atomic mass is 9.79. The molecule has 0 atom stereocenters. The molecule has 18 heavy (non-hydrogen) atoms. The number of anilines is 1. The quantitative estimate of drug-likeness (QED) is 0.891. The first-order valence-electron chi connectivity index (χ1n) is 7.27. The van der Waals surface area contributed by atoms with Crippen molar-refractivity contribution in [1.82, 2.24) is 10.3 Å². The molecule has 2 fully saturated rings. The summed E-state index contributed by atoms with van der Waals surface area (Å²) < 4.78 is 0. The van der Waals surface area contributed by atoms with Gasteiger partial charge in [-0.05, 0) is 19.3 Å². The van der Waals surface area contributed by atoms with Gasteiger partial charge in [0.1, 0.15) is 0 Å². The van der Waals surface area contributed by atoms with Crippen LogP contribution in [0.1, 0.15) is 44.7 Å². The van der Waals surface area contributed by atoms with E-state index in [1.807, 2.05) is 11.3 Å². The average molecular weight is 265 g/mol. The van der Waals surface area contributed by atoms with Crippen LogP contribution in [0.3, 0.4) is 0 Å². The van der Waals surface area contributed by atoms with Gasteiger partial charge in [-0.2, -0.15) is 0 Å². The van der Waals surface area contributed by atoms with Gasteiger partial charge in [0.25, 0.3) is 0 Å². The topological polar surface area (TPSA) is 28.2 Å². The van der Waals surface area contributed by atoms with Crippen LogP contribution in [-0.2, 0) is 6.42 Å². The molecule has 0 bridgehead atoms. The second-order valence-electron chi connectivity index (χ2n) is 5.59. The lowest BCUT2D eigenvalue weighted by molar-refractivity contribution is 0.241. The van der Waals surface area contributed by atoms with Crippen molar-refractivity contribution < 1.29 is 0 Å². The van der Waals surface area contributed by atoms with E-state index in [-0.39, 0.29) is 0 Å². The van der Waals surface area contributed by atoms with Crippen LogP contribution < -0.4 is 10.2 Å². The van der Waals surface area contributed by atoms with Crippen LogP contribution in [0.5, 0.6) is 0 Å². The summed E-state index contributed by atoms with van der Waals surface area (Å²) in [4.78, 5) is 7.44. The molecule has 3 nitrogen and oxygen atoms in total. The van der Waals surface area contributed by atoms with Crippen LogP contribution in [0, 0.1) is 0 Å². The van der Waals surface area contributed by atoms with Crippen LogP contribution in [0.2, 0.25) is 0 Å². The Hall–Kier alpha value is -0.610. The van der Waals surface area contributed by atoms with Crippen molar-refractivity contribution in [3.8, 4) is 0 Å². The number of aromatic nitrogens is 1. The largest absolute Gasteiger partial charge is 0.340 e. The molecule has 0 amide bonds. The minimum atomic E-state index is 0.360. The van der Waals surface area contributed by atoms with Crippen molar-refractivity contribution in [2.45, 2.75) is 51.0 Å². The number of thiazole rings is 1. The molecule has 1 aliphatic heterocycles. The molecule has 1 aromatic rings. The lowest BCUT2D eigenvalue weighted by Gasteiger charge is -2.49. The summed E-state index contributed by atoms with van der Waals surface area (Å²) in [6.45, 7) is 5.56. The minimum Gasteiger partial charge on any atom is -0.340 e. The van der Waals surface area contributed by atoms with Crippen LogP contribution in [0.15, 0.2) is 5.38 Å². The van der Waals surface area contributed by atoms with Gasteiger partial charge in [0, 0.05) is 25.0 Å². The van der Waals surface area contributed by atoms with Gasteiger partial charge in [0.15, 0.2) is 5.13 Å². The van der Waals surface area contributed by atoms with E-state index in [0.717, 1.165) is 26.1 Å². The Morgan fingerprint density at radius 1 is 1.39 bits per heavy atom. The molecule has 100 valence electrons. The monoisotopic (exact) mass is 265 g/mol. The molecule has 1 saturated heterocycles. The minimum absolute atomic E-state index is 0.360. The Balaban J connectivity index is 1.86. The predicted octanol–water partition coefficient (Wildman–Crippen LogP) is 2.82. The highest BCUT2D eigenvalue weighted by Gasteiger charge is 2.40. The normalized spacial score (nSPS) is 23.5. The summed E-state index contributed by atoms with van der Waals surface area (Å²) >= 11 is 1.84. The molecule has 2 aliphatic rings. The molecule has 4 heteroatoms. The zero-order valence-corrected chi connectivity index (χ0v) is 12.1. The summed E-state index contributed by atoms with van der Waals surface area (Å²) in [7, 11) is 0. The molecular formula is C14H23N3S. The number of nitrogens with zero attached hydrogens (tertiary/aromatic N) is 2. The number of nitrogens with one attached hydrogen (secondary N) is 1. The third-order valence-electron chi connectivity index (χ3n) is 4.46. The fourth-order valence-corrected chi connectivity index (χ4v) is 4.43. The SMILES string of the molecule is CCc1csc(N2CCNCC23CCCCC3)n1. The number of rotatable bonds is 2. The van der Waals surface area contributed by atoms with E-state index in [9.17, 15) is 0 Å². The summed E-state index contributed by atoms with van der Waals surface area (Å²) in [6.07, 6.45) is 7.89. The van der Waals surface area contributed by atoms with Crippen molar-refractivity contribution in [2.24, 2.45) is 0 Å². The van der Waals surface area contributed by atoms with E-state index in [2.05, 4.69) is 22.5 Å². The average Bonchev–Trinajstić information content (AvgIpc) is 2.89. The third-order valence-corrected chi connectivity index (χ3v) is 5.37. The first-order chi connectivity index (χ1) is 8.84. The fourth-order valence-electron chi connectivity index (χ4n) is 3.38. The molecule has 3 rings (SSSR count). The number of piperazine rings is 1. The van der Waals surface area contributed by atoms with Gasteiger partial charge in [-0.3, -0.25) is 0 Å². The van der Waals surface area contributed by atoms with Gasteiger partial charge < -0.3 is 10.2 Å². The third kappa shape index (κ3) is 2.16. The first-order valence-corrected chi connectivity index (χ1v) is 8.15. The van der Waals surface area contributed by atoms with Gasteiger partial charge in [0.2, 0.25) is 0 Å². The molecule has 1 N–H and O–H groups in total. The number of hydrogen-bond acceptors (Lipinski definition) is 4. The maximum absolute atomic E-state index is 4.82. The van der Waals surface area contributed by atoms with Crippen LogP contribution in [0.4, 0.5) is 5.13 Å². The van der Waals surface area contributed by atoms with Crippen LogP contribution in [-0.4, -0.2) is 30.2 Å². The van der Waals surface area contributed by atoms with Crippen molar-refractivity contribution in [3.63, 3.8) is 0 Å². The highest BCUT2D eigenvalue weighted by Crippen LogP contribution is 2.38. The number of hydrogen-bond donors (Lipinski definition) is 1. The fraction of sp³-hybridized carbons (Fsp3) is 0.786. The Morgan fingerprint density at radius 2 is 2.22 bits per heavy atom. The van der Waals surface area contributed by atoms with Crippen molar-refractivity contribution in [3.05, 3.63) is 11.1 Å². The Kier molecular flexibility index (Phi) is 3.57. The van der Waals surface area contributed by atoms with Gasteiger partial charge >= 0.3 is 0 Å². The zero-order valence-electron chi connectivity index (χ0n) is 11.2. The van der Waals surface area contributed by atoms with E-state index < -0.39 is 0 Å². The molecule has 2 heterocycles. The second kappa shape index (κ2) is 5.17. The smallest absolute Gasteiger partial charge is 0.186 e. The Bertz CT molecular complexity index is 387. The first kappa shape index (κ1) is 12.4. The Morgan fingerprint density at radius 3 is 2.94 bits per heavy atom. The van der Waals surface area contributed by atoms with Gasteiger partial charge in [-0.1, -0.05) is 26.2 Å². The zero-order chi connectivity index (χ0) is 12.4. The summed E-state index contributed by atoms with van der Waals surface area (Å²) in [6, 6.07) is 0. The van der Waals surface area contributed by atoms with Gasteiger partial charge in [0.05, 0.1) is 11.2 Å². The molecule has 1 saturated carbocycles. The van der Waals surface area contributed by atoms with Crippen molar-refractivity contribution >= 4 is 16.5 Å². The highest BCUT2D eigenvalue weighted by molar-refractivity contribution is 7.13. The van der Waals surface area contributed by atoms with Crippen molar-refractivity contribution in [1.29, 1.82) is 0 Å². The second-order valence-corrected chi connectivity index (χ2v) is 6.42. The van der Waals surface area contributed by atoms with Crippen LogP contribution >= 0.6 is 11.3 Å². The summed E-state index contributed by atoms with van der Waals surface area (Å²) in [5, 5.41) is 7.09. The van der Waals surface area contributed by atoms with Crippen LogP contribution in [0.25, 0.3) is 0 Å². The standard InChI is InChI=1S/C14H23N3S/c1-2-12-10-18-13(16-12)17-9-8-15-11-14(17)6-4-3-5-7-14/h10,15H,2-9,11H2,1H3. The maximum atomic E-state index is 4.82. The van der Waals surface area contributed by atoms with E-state index in [4.69, 9.17) is 4.98 Å². The van der Waals surface area contributed by atoms with E-state index in [0.29, 0.717) is 5.54 Å². The summed E-state index contributed by atoms with van der Waals surface area (Å²) in [5.41, 5.74) is 1.61.